The molecule has 9 heteroatoms. The van der Waals surface area contributed by atoms with Crippen LogP contribution in [0.1, 0.15) is 21.1 Å². The summed E-state index contributed by atoms with van der Waals surface area (Å²) in [6.45, 7) is 1.75. The predicted molar refractivity (Wildman–Crippen MR) is 81.2 cm³/mol. The zero-order chi connectivity index (χ0) is 15.8. The fraction of sp³-hybridized carbons (Fsp3) is 0.167. The van der Waals surface area contributed by atoms with Crippen LogP contribution < -0.4 is 0 Å². The van der Waals surface area contributed by atoms with Crippen molar-refractivity contribution in [1.82, 2.24) is 4.98 Å². The van der Waals surface area contributed by atoms with Crippen LogP contribution in [0.15, 0.2) is 22.4 Å². The third-order valence-electron chi connectivity index (χ3n) is 2.58. The van der Waals surface area contributed by atoms with Crippen LogP contribution in [-0.4, -0.2) is 24.5 Å². The summed E-state index contributed by atoms with van der Waals surface area (Å²) < 4.78 is 24.7. The van der Waals surface area contributed by atoms with Crippen molar-refractivity contribution in [1.29, 1.82) is 0 Å². The van der Waals surface area contributed by atoms with Crippen molar-refractivity contribution in [2.45, 2.75) is 17.6 Å². The van der Waals surface area contributed by atoms with Gasteiger partial charge in [-0.05, 0) is 19.1 Å². The van der Waals surface area contributed by atoms with E-state index < -0.39 is 21.4 Å². The Morgan fingerprint density at radius 2 is 2.05 bits per heavy atom. The average molecular weight is 366 g/mol. The second-order valence-electron chi connectivity index (χ2n) is 4.18. The van der Waals surface area contributed by atoms with Gasteiger partial charge in [0.15, 0.2) is 9.84 Å². The van der Waals surface area contributed by atoms with Crippen molar-refractivity contribution < 1.29 is 18.3 Å². The number of aromatic carboxylic acids is 1. The van der Waals surface area contributed by atoms with Gasteiger partial charge in [-0.15, -0.1) is 11.3 Å². The lowest BCUT2D eigenvalue weighted by Crippen LogP contribution is -2.09. The molecular weight excluding hydrogens is 357 g/mol. The number of aromatic nitrogens is 1. The van der Waals surface area contributed by atoms with Gasteiger partial charge >= 0.3 is 5.97 Å². The fourth-order valence-corrected chi connectivity index (χ4v) is 5.05. The number of carbonyl (C=O) groups is 1. The van der Waals surface area contributed by atoms with Gasteiger partial charge in [-0.2, -0.15) is 0 Å². The molecule has 0 aliphatic heterocycles. The molecule has 0 saturated carbocycles. The number of hydrogen-bond acceptors (Lipinski definition) is 5. The standard InChI is InChI=1S/C12H9Cl2NO4S2/c1-6-4-20-9(15-6)5-21(18,19)8-3-2-7(13)10(11(8)14)12(16)17/h2-4H,5H2,1H3,(H,16,17). The molecule has 1 aromatic carbocycles. The molecule has 0 radical (unpaired) electrons. The molecule has 0 saturated heterocycles. The minimum absolute atomic E-state index is 0.114. The Labute approximate surface area is 135 Å². The smallest absolute Gasteiger partial charge is 0.338 e. The van der Waals surface area contributed by atoms with Gasteiger partial charge < -0.3 is 5.11 Å². The highest BCUT2D eigenvalue weighted by Gasteiger charge is 2.25. The highest BCUT2D eigenvalue weighted by atomic mass is 35.5. The van der Waals surface area contributed by atoms with Crippen LogP contribution in [0.2, 0.25) is 10.0 Å². The van der Waals surface area contributed by atoms with Crippen molar-refractivity contribution >= 4 is 50.3 Å². The lowest BCUT2D eigenvalue weighted by atomic mass is 10.2. The summed E-state index contributed by atoms with van der Waals surface area (Å²) >= 11 is 12.9. The number of nitrogens with zero attached hydrogens (tertiary/aromatic N) is 1. The molecule has 21 heavy (non-hydrogen) atoms. The quantitative estimate of drug-likeness (QED) is 0.896. The van der Waals surface area contributed by atoms with Gasteiger partial charge in [0.05, 0.1) is 20.5 Å². The number of carboxylic acids is 1. The molecule has 5 nitrogen and oxygen atoms in total. The Hall–Kier alpha value is -1.15. The van der Waals surface area contributed by atoms with Crippen LogP contribution in [-0.2, 0) is 15.6 Å². The van der Waals surface area contributed by atoms with E-state index in [9.17, 15) is 13.2 Å². The summed E-state index contributed by atoms with van der Waals surface area (Å²) in [5.74, 6) is -1.72. The van der Waals surface area contributed by atoms with E-state index in [2.05, 4.69) is 4.98 Å². The monoisotopic (exact) mass is 365 g/mol. The number of carboxylic acid groups (broad SMARTS) is 1. The van der Waals surface area contributed by atoms with Crippen molar-refractivity contribution in [2.75, 3.05) is 0 Å². The molecule has 0 amide bonds. The molecular formula is C12H9Cl2NO4S2. The van der Waals surface area contributed by atoms with Crippen molar-refractivity contribution in [3.05, 3.63) is 43.8 Å². The summed E-state index contributed by atoms with van der Waals surface area (Å²) in [5, 5.41) is 10.7. The van der Waals surface area contributed by atoms with Gasteiger partial charge in [0, 0.05) is 11.1 Å². The zero-order valence-electron chi connectivity index (χ0n) is 10.6. The summed E-state index contributed by atoms with van der Waals surface area (Å²) in [6.07, 6.45) is 0. The van der Waals surface area contributed by atoms with E-state index in [1.807, 2.05) is 0 Å². The maximum absolute atomic E-state index is 12.4. The molecule has 2 aromatic rings. The van der Waals surface area contributed by atoms with E-state index in [4.69, 9.17) is 28.3 Å². The Balaban J connectivity index is 2.50. The topological polar surface area (TPSA) is 84.3 Å². The van der Waals surface area contributed by atoms with Gasteiger partial charge in [-0.3, -0.25) is 0 Å². The molecule has 0 atom stereocenters. The molecule has 0 spiro atoms. The summed E-state index contributed by atoms with van der Waals surface area (Å²) in [7, 11) is -3.81. The van der Waals surface area contributed by atoms with Crippen molar-refractivity contribution in [2.24, 2.45) is 0 Å². The SMILES string of the molecule is Cc1csc(CS(=O)(=O)c2ccc(Cl)c(C(=O)O)c2Cl)n1. The summed E-state index contributed by atoms with van der Waals surface area (Å²) in [5.41, 5.74) is 0.299. The Morgan fingerprint density at radius 3 is 2.57 bits per heavy atom. The average Bonchev–Trinajstić information content (AvgIpc) is 2.72. The minimum atomic E-state index is -3.81. The first-order chi connectivity index (χ1) is 9.72. The summed E-state index contributed by atoms with van der Waals surface area (Å²) in [4.78, 5) is 14.9. The molecule has 0 unspecified atom stereocenters. The van der Waals surface area contributed by atoms with Crippen LogP contribution in [0, 0.1) is 6.92 Å². The first-order valence-electron chi connectivity index (χ1n) is 5.57. The Kier molecular flexibility index (Phi) is 4.57. The van der Waals surface area contributed by atoms with Gasteiger partial charge in [0.1, 0.15) is 10.8 Å². The molecule has 1 N–H and O–H groups in total. The molecule has 1 aromatic heterocycles. The van der Waals surface area contributed by atoms with E-state index in [-0.39, 0.29) is 20.7 Å². The Bertz CT molecular complexity index is 815. The number of thiazole rings is 1. The Morgan fingerprint density at radius 1 is 1.38 bits per heavy atom. The molecule has 1 heterocycles. The molecule has 0 fully saturated rings. The molecule has 112 valence electrons. The van der Waals surface area contributed by atoms with E-state index in [1.165, 1.54) is 23.5 Å². The van der Waals surface area contributed by atoms with E-state index in [1.54, 1.807) is 12.3 Å². The number of aryl methyl sites for hydroxylation is 1. The van der Waals surface area contributed by atoms with Crippen LogP contribution in [0.4, 0.5) is 0 Å². The van der Waals surface area contributed by atoms with Crippen LogP contribution >= 0.6 is 34.5 Å². The second kappa shape index (κ2) is 5.92. The molecule has 0 aliphatic carbocycles. The van der Waals surface area contributed by atoms with Gasteiger partial charge in [-0.25, -0.2) is 18.2 Å². The first kappa shape index (κ1) is 16.2. The highest BCUT2D eigenvalue weighted by molar-refractivity contribution is 7.90. The molecule has 0 bridgehead atoms. The minimum Gasteiger partial charge on any atom is -0.478 e. The van der Waals surface area contributed by atoms with Gasteiger partial charge in [-0.1, -0.05) is 23.2 Å². The highest BCUT2D eigenvalue weighted by Crippen LogP contribution is 2.33. The number of rotatable bonds is 4. The number of hydrogen-bond donors (Lipinski definition) is 1. The predicted octanol–water partition coefficient (Wildman–Crippen LogP) is 3.43. The van der Waals surface area contributed by atoms with Crippen molar-refractivity contribution in [3.8, 4) is 0 Å². The third kappa shape index (κ3) is 3.37. The van der Waals surface area contributed by atoms with E-state index in [0.29, 0.717) is 5.01 Å². The van der Waals surface area contributed by atoms with Crippen LogP contribution in [0.25, 0.3) is 0 Å². The van der Waals surface area contributed by atoms with Crippen LogP contribution in [0.5, 0.6) is 0 Å². The largest absolute Gasteiger partial charge is 0.478 e. The normalized spacial score (nSPS) is 11.6. The van der Waals surface area contributed by atoms with Gasteiger partial charge in [0.25, 0.3) is 0 Å². The molecule has 0 aliphatic rings. The maximum atomic E-state index is 12.4. The maximum Gasteiger partial charge on any atom is 0.338 e. The molecule has 2 rings (SSSR count). The van der Waals surface area contributed by atoms with Gasteiger partial charge in [0.2, 0.25) is 0 Å². The van der Waals surface area contributed by atoms with Crippen molar-refractivity contribution in [3.63, 3.8) is 0 Å². The number of benzene rings is 1. The third-order valence-corrected chi connectivity index (χ3v) is 6.22. The number of sulfone groups is 1. The van der Waals surface area contributed by atoms with E-state index in [0.717, 1.165) is 5.69 Å². The van der Waals surface area contributed by atoms with E-state index >= 15 is 0 Å². The summed E-state index contributed by atoms with van der Waals surface area (Å²) in [6, 6.07) is 2.41. The fourth-order valence-electron chi connectivity index (χ4n) is 1.68. The lowest BCUT2D eigenvalue weighted by Gasteiger charge is -2.08. The first-order valence-corrected chi connectivity index (χ1v) is 8.86. The lowest BCUT2D eigenvalue weighted by molar-refractivity contribution is 0.0697. The van der Waals surface area contributed by atoms with Crippen LogP contribution in [0.3, 0.4) is 0 Å². The second-order valence-corrected chi connectivity index (χ2v) is 7.87. The number of halogens is 2. The zero-order valence-corrected chi connectivity index (χ0v) is 13.8.